The van der Waals surface area contributed by atoms with E-state index in [1.165, 1.54) is 0 Å². The monoisotopic (exact) mass is 438 g/mol. The molecule has 1 atom stereocenters. The molecule has 0 aromatic heterocycles. The van der Waals surface area contributed by atoms with Crippen LogP contribution in [-0.2, 0) is 20.9 Å². The van der Waals surface area contributed by atoms with Crippen LogP contribution >= 0.6 is 0 Å². The molecule has 0 bridgehead atoms. The lowest BCUT2D eigenvalue weighted by molar-refractivity contribution is -0.137. The van der Waals surface area contributed by atoms with E-state index in [0.717, 1.165) is 60.3 Å². The molecule has 2 saturated heterocycles. The average Bonchev–Trinajstić information content (AvgIpc) is 3.42. The molecule has 7 heteroatoms. The van der Waals surface area contributed by atoms with Gasteiger partial charge >= 0.3 is 5.97 Å². The first-order valence-corrected chi connectivity index (χ1v) is 11.6. The van der Waals surface area contributed by atoms with Crippen LogP contribution < -0.4 is 0 Å². The number of piperidine rings is 1. The van der Waals surface area contributed by atoms with Crippen molar-refractivity contribution < 1.29 is 24.2 Å². The first-order valence-electron chi connectivity index (χ1n) is 11.6. The van der Waals surface area contributed by atoms with Gasteiger partial charge < -0.3 is 19.6 Å². The Morgan fingerprint density at radius 2 is 1.78 bits per heavy atom. The van der Waals surface area contributed by atoms with Gasteiger partial charge in [-0.1, -0.05) is 6.07 Å². The molecular weight excluding hydrogens is 408 g/mol. The maximum absolute atomic E-state index is 13.3. The zero-order valence-electron chi connectivity index (χ0n) is 18.8. The SMILES string of the molecule is CC1=C(N2CCC3(CCN(C[C@H](O)c4ccc5c(c4C)COC5=O)CC3)C2=O)CCC1=O. The van der Waals surface area contributed by atoms with E-state index < -0.39 is 6.10 Å². The van der Waals surface area contributed by atoms with Gasteiger partial charge in [-0.15, -0.1) is 0 Å². The number of aliphatic hydroxyl groups is 1. The molecule has 170 valence electrons. The van der Waals surface area contributed by atoms with Gasteiger partial charge in [-0.25, -0.2) is 4.79 Å². The van der Waals surface area contributed by atoms with E-state index >= 15 is 0 Å². The molecule has 5 rings (SSSR count). The number of allylic oxidation sites excluding steroid dienone is 2. The number of carbonyl (C=O) groups excluding carboxylic acids is 3. The van der Waals surface area contributed by atoms with Crippen molar-refractivity contribution >= 4 is 17.7 Å². The smallest absolute Gasteiger partial charge is 0.338 e. The highest BCUT2D eigenvalue weighted by atomic mass is 16.5. The lowest BCUT2D eigenvalue weighted by Gasteiger charge is -2.39. The third-order valence-corrected chi connectivity index (χ3v) is 8.09. The number of amides is 1. The van der Waals surface area contributed by atoms with Gasteiger partial charge in [0.25, 0.3) is 0 Å². The van der Waals surface area contributed by atoms with Crippen molar-refractivity contribution in [3.05, 3.63) is 45.7 Å². The number of aliphatic hydroxyl groups excluding tert-OH is 1. The standard InChI is InChI=1S/C25H30N2O5/c1-15-17(3-4-18-19(15)14-32-23(18)30)22(29)13-26-10-7-25(8-11-26)9-12-27(24(25)31)20-5-6-21(28)16(20)2/h3-4,22,29H,5-14H2,1-2H3/t22-/m0/s1. The number of Topliss-reactive ketones (excluding diaryl/α,β-unsaturated/α-hetero) is 1. The molecule has 1 aromatic carbocycles. The molecule has 1 N–H and O–H groups in total. The Bertz CT molecular complexity index is 1040. The molecule has 2 fully saturated rings. The van der Waals surface area contributed by atoms with Crippen LogP contribution in [-0.4, -0.2) is 58.7 Å². The van der Waals surface area contributed by atoms with E-state index in [2.05, 4.69) is 4.90 Å². The van der Waals surface area contributed by atoms with Gasteiger partial charge in [0.05, 0.1) is 17.1 Å². The first kappa shape index (κ1) is 21.3. The number of benzene rings is 1. The minimum absolute atomic E-state index is 0.162. The molecule has 1 spiro atoms. The topological polar surface area (TPSA) is 87.2 Å². The van der Waals surface area contributed by atoms with Crippen molar-refractivity contribution in [2.75, 3.05) is 26.2 Å². The number of esters is 1. The van der Waals surface area contributed by atoms with Gasteiger partial charge in [-0.05, 0) is 69.8 Å². The second-order valence-electron chi connectivity index (χ2n) is 9.68. The molecule has 0 radical (unpaired) electrons. The Hall–Kier alpha value is -2.51. The van der Waals surface area contributed by atoms with E-state index in [-0.39, 0.29) is 29.7 Å². The minimum atomic E-state index is -0.655. The van der Waals surface area contributed by atoms with Crippen LogP contribution in [0.3, 0.4) is 0 Å². The fraction of sp³-hybridized carbons (Fsp3) is 0.560. The highest BCUT2D eigenvalue weighted by Gasteiger charge is 2.49. The predicted octanol–water partition coefficient (Wildman–Crippen LogP) is 2.65. The summed E-state index contributed by atoms with van der Waals surface area (Å²) in [5.74, 6) is 0.0462. The summed E-state index contributed by atoms with van der Waals surface area (Å²) >= 11 is 0. The number of β-amino-alcohol motifs (C(OH)–C–C–N with tert-alkyl or cyclic N) is 1. The summed E-state index contributed by atoms with van der Waals surface area (Å²) in [6.45, 7) is 6.78. The van der Waals surface area contributed by atoms with Crippen LogP contribution in [0.4, 0.5) is 0 Å². The highest BCUT2D eigenvalue weighted by Crippen LogP contribution is 2.44. The number of rotatable bonds is 4. The van der Waals surface area contributed by atoms with Crippen molar-refractivity contribution in [1.29, 1.82) is 0 Å². The van der Waals surface area contributed by atoms with Gasteiger partial charge in [0.1, 0.15) is 6.61 Å². The molecule has 1 aliphatic carbocycles. The zero-order chi connectivity index (χ0) is 22.6. The molecule has 0 saturated carbocycles. The van der Waals surface area contributed by atoms with Crippen molar-refractivity contribution in [3.63, 3.8) is 0 Å². The number of fused-ring (bicyclic) bond motifs is 1. The molecular formula is C25H30N2O5. The quantitative estimate of drug-likeness (QED) is 0.728. The van der Waals surface area contributed by atoms with Gasteiger partial charge in [-0.2, -0.15) is 0 Å². The van der Waals surface area contributed by atoms with Crippen molar-refractivity contribution in [3.8, 4) is 0 Å². The number of hydrogen-bond donors (Lipinski definition) is 1. The molecule has 1 aromatic rings. The van der Waals surface area contributed by atoms with Crippen molar-refractivity contribution in [2.24, 2.45) is 5.41 Å². The van der Waals surface area contributed by atoms with E-state index in [0.29, 0.717) is 31.5 Å². The van der Waals surface area contributed by atoms with Crippen molar-refractivity contribution in [2.45, 2.75) is 58.7 Å². The van der Waals surface area contributed by atoms with Crippen LogP contribution in [0.2, 0.25) is 0 Å². The number of cyclic esters (lactones) is 1. The van der Waals surface area contributed by atoms with E-state index in [4.69, 9.17) is 4.74 Å². The number of ketones is 1. The Kier molecular flexibility index (Phi) is 5.21. The second kappa shape index (κ2) is 7.81. The Balaban J connectivity index is 1.23. The maximum Gasteiger partial charge on any atom is 0.338 e. The highest BCUT2D eigenvalue weighted by molar-refractivity contribution is 5.99. The fourth-order valence-corrected chi connectivity index (χ4v) is 5.88. The van der Waals surface area contributed by atoms with Crippen LogP contribution in [0, 0.1) is 12.3 Å². The van der Waals surface area contributed by atoms with Gasteiger partial charge in [0.15, 0.2) is 5.78 Å². The van der Waals surface area contributed by atoms with Crippen molar-refractivity contribution in [1.82, 2.24) is 9.80 Å². The summed E-state index contributed by atoms with van der Waals surface area (Å²) < 4.78 is 5.12. The molecule has 3 heterocycles. The molecule has 0 unspecified atom stereocenters. The summed E-state index contributed by atoms with van der Waals surface area (Å²) in [5, 5.41) is 10.9. The van der Waals surface area contributed by atoms with E-state index in [9.17, 15) is 19.5 Å². The second-order valence-corrected chi connectivity index (χ2v) is 9.68. The van der Waals surface area contributed by atoms with Gasteiger partial charge in [-0.3, -0.25) is 9.59 Å². The molecule has 4 aliphatic rings. The number of carbonyl (C=O) groups is 3. The van der Waals surface area contributed by atoms with Crippen LogP contribution in [0.25, 0.3) is 0 Å². The predicted molar refractivity (Wildman–Crippen MR) is 117 cm³/mol. The third-order valence-electron chi connectivity index (χ3n) is 8.09. The zero-order valence-corrected chi connectivity index (χ0v) is 18.8. The largest absolute Gasteiger partial charge is 0.457 e. The molecule has 3 aliphatic heterocycles. The summed E-state index contributed by atoms with van der Waals surface area (Å²) in [6, 6.07) is 3.58. The van der Waals surface area contributed by atoms with Gasteiger partial charge in [0.2, 0.25) is 5.91 Å². The Labute approximate surface area is 188 Å². The number of nitrogens with zero attached hydrogens (tertiary/aromatic N) is 2. The van der Waals surface area contributed by atoms with Crippen LogP contribution in [0.5, 0.6) is 0 Å². The number of hydrogen-bond acceptors (Lipinski definition) is 6. The summed E-state index contributed by atoms with van der Waals surface area (Å²) in [6.07, 6.45) is 2.94. The average molecular weight is 439 g/mol. The lowest BCUT2D eigenvalue weighted by atomic mass is 9.77. The molecule has 32 heavy (non-hydrogen) atoms. The summed E-state index contributed by atoms with van der Waals surface area (Å²) in [4.78, 5) is 41.1. The van der Waals surface area contributed by atoms with Gasteiger partial charge in [0, 0.05) is 36.3 Å². The van der Waals surface area contributed by atoms with E-state index in [1.807, 2.05) is 24.8 Å². The Morgan fingerprint density at radius 3 is 2.47 bits per heavy atom. The number of ether oxygens (including phenoxy) is 1. The Morgan fingerprint density at radius 1 is 1.06 bits per heavy atom. The molecule has 7 nitrogen and oxygen atoms in total. The minimum Gasteiger partial charge on any atom is -0.457 e. The third kappa shape index (κ3) is 3.30. The lowest BCUT2D eigenvalue weighted by Crippen LogP contribution is -2.45. The van der Waals surface area contributed by atoms with Crippen LogP contribution in [0.15, 0.2) is 23.4 Å². The maximum atomic E-state index is 13.3. The van der Waals surface area contributed by atoms with Crippen LogP contribution in [0.1, 0.15) is 72.2 Å². The first-order chi connectivity index (χ1) is 15.3. The summed E-state index contributed by atoms with van der Waals surface area (Å²) in [7, 11) is 0. The number of likely N-dealkylation sites (tertiary alicyclic amines) is 2. The molecule has 1 amide bonds. The normalized spacial score (nSPS) is 24.0. The summed E-state index contributed by atoms with van der Waals surface area (Å²) in [5.41, 5.74) is 4.58. The van der Waals surface area contributed by atoms with E-state index in [1.54, 1.807) is 6.07 Å². The fourth-order valence-electron chi connectivity index (χ4n) is 5.88.